The van der Waals surface area contributed by atoms with E-state index in [0.29, 0.717) is 0 Å². The Morgan fingerprint density at radius 2 is 2.00 bits per heavy atom. The van der Waals surface area contributed by atoms with Gasteiger partial charge in [0.05, 0.1) is 0 Å². The van der Waals surface area contributed by atoms with Gasteiger partial charge in [0.1, 0.15) is 0 Å². The average molecular weight is 249 g/mol. The molecule has 0 atom stereocenters. The molecule has 1 aromatic rings. The van der Waals surface area contributed by atoms with Crippen LogP contribution >= 0.6 is 0 Å². The van der Waals surface area contributed by atoms with Gasteiger partial charge in [-0.25, -0.2) is 0 Å². The van der Waals surface area contributed by atoms with Crippen molar-refractivity contribution in [2.24, 2.45) is 0 Å². The summed E-state index contributed by atoms with van der Waals surface area (Å²) in [7, 11) is 0. The number of halogens is 1. The van der Waals surface area contributed by atoms with Gasteiger partial charge in [0.2, 0.25) is 0 Å². The number of benzene rings is 1. The van der Waals surface area contributed by atoms with E-state index in [1.807, 2.05) is 24.3 Å². The second kappa shape index (κ2) is 2.65. The molecule has 1 heterocycles. The Morgan fingerprint density at radius 3 is 2.80 bits per heavy atom. The van der Waals surface area contributed by atoms with Gasteiger partial charge in [-0.05, 0) is 0 Å². The minimum absolute atomic E-state index is 0.196. The van der Waals surface area contributed by atoms with Crippen LogP contribution in [0.2, 0.25) is 0 Å². The van der Waals surface area contributed by atoms with Crippen LogP contribution in [0.4, 0.5) is 0 Å². The molecule has 2 rings (SSSR count). The summed E-state index contributed by atoms with van der Waals surface area (Å²) >= 11 is -0.196. The zero-order chi connectivity index (χ0) is 6.81. The summed E-state index contributed by atoms with van der Waals surface area (Å²) in [4.78, 5) is 0. The van der Waals surface area contributed by atoms with E-state index >= 15 is 0 Å². The van der Waals surface area contributed by atoms with Crippen molar-refractivity contribution in [3.05, 3.63) is 24.3 Å². The molecule has 0 amide bonds. The number of hydrogen-bond acceptors (Lipinski definition) is 2. The Bertz CT molecular complexity index is 212. The molecule has 0 bridgehead atoms. The molecule has 0 aromatic heterocycles. The van der Waals surface area contributed by atoms with Gasteiger partial charge in [-0.3, -0.25) is 0 Å². The van der Waals surface area contributed by atoms with Crippen LogP contribution in [-0.4, -0.2) is 4.61 Å². The minimum atomic E-state index is -0.196. The van der Waals surface area contributed by atoms with Crippen LogP contribution in [0.15, 0.2) is 24.3 Å². The molecule has 1 aromatic carbocycles. The van der Waals surface area contributed by atoms with Crippen LogP contribution in [0.25, 0.3) is 0 Å². The predicted octanol–water partition coefficient (Wildman–Crippen LogP) is -1.58. The molecule has 0 spiro atoms. The first-order chi connectivity index (χ1) is 4.97. The van der Waals surface area contributed by atoms with Crippen molar-refractivity contribution >= 4 is 0 Å². The van der Waals surface area contributed by atoms with Crippen LogP contribution in [0.5, 0.6) is 11.5 Å². The van der Waals surface area contributed by atoms with Crippen molar-refractivity contribution in [3.63, 3.8) is 0 Å². The first-order valence-electron chi connectivity index (χ1n) is 2.95. The molecule has 54 valence electrons. The Morgan fingerprint density at radius 1 is 1.20 bits per heavy atom. The number of alkyl halides is 1. The summed E-state index contributed by atoms with van der Waals surface area (Å²) in [5, 5.41) is 0. The third kappa shape index (κ3) is 1.05. The fourth-order valence-electron chi connectivity index (χ4n) is 0.795. The summed E-state index contributed by atoms with van der Waals surface area (Å²) in [6, 6.07) is 7.77. The van der Waals surface area contributed by atoms with Crippen LogP contribution in [-0.2, 0) is 0 Å². The molecule has 2 nitrogen and oxygen atoms in total. The van der Waals surface area contributed by atoms with Gasteiger partial charge in [-0.1, -0.05) is 0 Å². The second-order valence-electron chi connectivity index (χ2n) is 1.89. The number of hydrogen-bond donors (Lipinski definition) is 0. The van der Waals surface area contributed by atoms with Crippen LogP contribution in [0.1, 0.15) is 0 Å². The van der Waals surface area contributed by atoms with Crippen LogP contribution < -0.4 is 29.4 Å². The summed E-state index contributed by atoms with van der Waals surface area (Å²) < 4.78 is 11.5. The van der Waals surface area contributed by atoms with E-state index in [9.17, 15) is 0 Å². The fourth-order valence-corrected chi connectivity index (χ4v) is 2.08. The average Bonchev–Trinajstić information content (AvgIpc) is 2.05. The number of fused-ring (bicyclic) bond motifs is 1. The molecule has 0 N–H and O–H groups in total. The first-order valence-corrected chi connectivity index (χ1v) is 5.35. The van der Waals surface area contributed by atoms with Crippen LogP contribution in [0, 0.1) is 0 Å². The van der Waals surface area contributed by atoms with Crippen molar-refractivity contribution in [1.82, 2.24) is 0 Å². The second-order valence-corrected chi connectivity index (χ2v) is 3.57. The van der Waals surface area contributed by atoms with E-state index in [-0.39, 0.29) is 21.6 Å². The maximum absolute atomic E-state index is 5.41. The number of rotatable bonds is 0. The zero-order valence-electron chi connectivity index (χ0n) is 5.21. The van der Waals surface area contributed by atoms with Crippen molar-refractivity contribution in [1.29, 1.82) is 0 Å². The summed E-state index contributed by atoms with van der Waals surface area (Å²) in [5.41, 5.74) is 0. The monoisotopic (exact) mass is 249 g/mol. The van der Waals surface area contributed by atoms with E-state index in [1.165, 1.54) is 0 Å². The van der Waals surface area contributed by atoms with Gasteiger partial charge < -0.3 is 0 Å². The van der Waals surface area contributed by atoms with Crippen molar-refractivity contribution in [3.8, 4) is 11.5 Å². The normalized spacial score (nSPS) is 15.6. The SMILES string of the molecule is c1ccc2c(c1)OC[I-]O2. The van der Waals surface area contributed by atoms with E-state index in [0.717, 1.165) is 16.1 Å². The van der Waals surface area contributed by atoms with Gasteiger partial charge in [0, 0.05) is 0 Å². The van der Waals surface area contributed by atoms with Gasteiger partial charge in [0.15, 0.2) is 0 Å². The molecule has 0 unspecified atom stereocenters. The van der Waals surface area contributed by atoms with Crippen molar-refractivity contribution in [2.45, 2.75) is 0 Å². The van der Waals surface area contributed by atoms with Gasteiger partial charge >= 0.3 is 69.8 Å². The fraction of sp³-hybridized carbons (Fsp3) is 0.143. The standard InChI is InChI=1S/C7H6IO2/c1-2-4-7-6(3-1)9-5-8-10-7/h1-4H,5H2/q-1. The van der Waals surface area contributed by atoms with E-state index in [2.05, 4.69) is 0 Å². The predicted molar refractivity (Wildman–Crippen MR) is 32.6 cm³/mol. The summed E-state index contributed by atoms with van der Waals surface area (Å²) in [5.74, 6) is 1.79. The van der Waals surface area contributed by atoms with Gasteiger partial charge in [-0.15, -0.1) is 0 Å². The number of ether oxygens (including phenoxy) is 1. The Balaban J connectivity index is 2.41. The zero-order valence-corrected chi connectivity index (χ0v) is 7.37. The molecule has 1 aliphatic heterocycles. The van der Waals surface area contributed by atoms with Crippen molar-refractivity contribution < 1.29 is 29.4 Å². The molecular formula is C7H6IO2-. The molecule has 0 radical (unpaired) electrons. The Kier molecular flexibility index (Phi) is 1.66. The summed E-state index contributed by atoms with van der Waals surface area (Å²) in [6.07, 6.45) is 0. The Hall–Kier alpha value is -0.450. The topological polar surface area (TPSA) is 18.5 Å². The van der Waals surface area contributed by atoms with Gasteiger partial charge in [0.25, 0.3) is 0 Å². The first kappa shape index (κ1) is 6.27. The van der Waals surface area contributed by atoms with Crippen LogP contribution in [0.3, 0.4) is 0 Å². The third-order valence-electron chi connectivity index (χ3n) is 1.24. The summed E-state index contributed by atoms with van der Waals surface area (Å²) in [6.45, 7) is 0. The van der Waals surface area contributed by atoms with E-state index in [4.69, 9.17) is 7.80 Å². The molecule has 0 aliphatic carbocycles. The van der Waals surface area contributed by atoms with E-state index < -0.39 is 0 Å². The quantitative estimate of drug-likeness (QED) is 0.408. The van der Waals surface area contributed by atoms with Gasteiger partial charge in [-0.2, -0.15) is 0 Å². The maximum atomic E-state index is 5.41. The molecule has 10 heavy (non-hydrogen) atoms. The third-order valence-corrected chi connectivity index (χ3v) is 2.59. The molecule has 1 aliphatic rings. The molecule has 0 saturated heterocycles. The molecule has 3 heteroatoms. The Labute approximate surface area is 70.0 Å². The number of para-hydroxylation sites is 2. The molecular weight excluding hydrogens is 243 g/mol. The molecule has 0 saturated carbocycles. The molecule has 0 fully saturated rings. The van der Waals surface area contributed by atoms with Crippen molar-refractivity contribution in [2.75, 3.05) is 4.61 Å². The van der Waals surface area contributed by atoms with E-state index in [1.54, 1.807) is 0 Å².